The molecule has 5 aromatic rings. The van der Waals surface area contributed by atoms with Gasteiger partial charge >= 0.3 is 0 Å². The molecule has 0 bridgehead atoms. The van der Waals surface area contributed by atoms with Gasteiger partial charge in [0.15, 0.2) is 0 Å². The van der Waals surface area contributed by atoms with E-state index in [2.05, 4.69) is 75.8 Å². The predicted molar refractivity (Wildman–Crippen MR) is 219 cm³/mol. The molecular weight excluding hydrogens is 731 g/mol. The van der Waals surface area contributed by atoms with Crippen LogP contribution < -0.4 is 10.2 Å². The van der Waals surface area contributed by atoms with Crippen molar-refractivity contribution in [1.29, 1.82) is 0 Å². The Bertz CT molecular complexity index is 2480. The molecule has 3 fully saturated rings. The van der Waals surface area contributed by atoms with Crippen LogP contribution in [0.15, 0.2) is 97.1 Å². The first-order valence-corrected chi connectivity index (χ1v) is 20.2. The number of fused-ring (bicyclic) bond motifs is 3. The second kappa shape index (κ2) is 14.2. The van der Waals surface area contributed by atoms with Crippen molar-refractivity contribution < 1.29 is 29.1 Å². The van der Waals surface area contributed by atoms with Crippen molar-refractivity contribution in [3.8, 4) is 28.0 Å². The number of phenols is 1. The van der Waals surface area contributed by atoms with Gasteiger partial charge in [-0.1, -0.05) is 60.7 Å². The fourth-order valence-electron chi connectivity index (χ4n) is 9.77. The van der Waals surface area contributed by atoms with Gasteiger partial charge in [0, 0.05) is 69.8 Å². The van der Waals surface area contributed by atoms with Gasteiger partial charge in [-0.05, 0) is 99.8 Å². The first-order chi connectivity index (χ1) is 28.2. The highest BCUT2D eigenvalue weighted by molar-refractivity contribution is 6.23. The van der Waals surface area contributed by atoms with Gasteiger partial charge < -0.3 is 14.9 Å². The highest BCUT2D eigenvalue weighted by Gasteiger charge is 2.46. The highest BCUT2D eigenvalue weighted by atomic mass is 16.3. The summed E-state index contributed by atoms with van der Waals surface area (Å²) in [5.41, 5.74) is 8.33. The normalized spacial score (nSPS) is 20.1. The number of hydrogen-bond acceptors (Lipinski definition) is 8. The summed E-state index contributed by atoms with van der Waals surface area (Å²) in [4.78, 5) is 72.0. The Morgan fingerprint density at radius 1 is 0.724 bits per heavy atom. The van der Waals surface area contributed by atoms with Gasteiger partial charge in [-0.3, -0.25) is 39.1 Å². The number of carbonyl (C=O) groups excluding carboxylic acids is 5. The Labute approximate surface area is 335 Å². The van der Waals surface area contributed by atoms with Crippen LogP contribution in [0.1, 0.15) is 57.5 Å². The van der Waals surface area contributed by atoms with Crippen LogP contribution in [0.4, 0.5) is 5.69 Å². The zero-order valence-electron chi connectivity index (χ0n) is 32.0. The smallest absolute Gasteiger partial charge is 0.262 e. The van der Waals surface area contributed by atoms with E-state index in [-0.39, 0.29) is 30.4 Å². The Balaban J connectivity index is 0.729. The van der Waals surface area contributed by atoms with Crippen molar-refractivity contribution in [3.63, 3.8) is 0 Å². The second-order valence-corrected chi connectivity index (χ2v) is 16.5. The van der Waals surface area contributed by atoms with E-state index in [4.69, 9.17) is 0 Å². The number of imide groups is 2. The number of phenolic OH excluding ortho intramolecular Hbond substituents is 1. The first-order valence-electron chi connectivity index (χ1n) is 20.2. The molecule has 58 heavy (non-hydrogen) atoms. The van der Waals surface area contributed by atoms with E-state index in [1.807, 2.05) is 23.1 Å². The lowest BCUT2D eigenvalue weighted by atomic mass is 9.89. The van der Waals surface area contributed by atoms with Crippen molar-refractivity contribution >= 4 is 46.0 Å². The first kappa shape index (κ1) is 36.0. The van der Waals surface area contributed by atoms with Crippen molar-refractivity contribution in [3.05, 3.63) is 119 Å². The number of rotatable bonds is 7. The zero-order chi connectivity index (χ0) is 39.7. The van der Waals surface area contributed by atoms with E-state index in [9.17, 15) is 29.1 Å². The molecule has 3 saturated heterocycles. The van der Waals surface area contributed by atoms with E-state index >= 15 is 0 Å². The maximum atomic E-state index is 13.6. The number of anilines is 1. The van der Waals surface area contributed by atoms with Gasteiger partial charge in [0.1, 0.15) is 11.8 Å². The average Bonchev–Trinajstić information content (AvgIpc) is 3.73. The Kier molecular flexibility index (Phi) is 8.85. The van der Waals surface area contributed by atoms with Gasteiger partial charge in [-0.25, -0.2) is 0 Å². The lowest BCUT2D eigenvalue weighted by Crippen LogP contribution is -2.55. The highest BCUT2D eigenvalue weighted by Crippen LogP contribution is 2.40. The summed E-state index contributed by atoms with van der Waals surface area (Å²) in [6.45, 7) is 5.27. The van der Waals surface area contributed by atoms with Crippen LogP contribution in [0.25, 0.3) is 33.0 Å². The quantitative estimate of drug-likeness (QED) is 0.194. The van der Waals surface area contributed by atoms with Gasteiger partial charge in [-0.2, -0.15) is 0 Å². The van der Waals surface area contributed by atoms with E-state index in [1.165, 1.54) is 0 Å². The van der Waals surface area contributed by atoms with E-state index < -0.39 is 29.7 Å². The van der Waals surface area contributed by atoms with Crippen LogP contribution in [0.5, 0.6) is 5.75 Å². The lowest BCUT2D eigenvalue weighted by Gasteiger charge is -2.44. The Morgan fingerprint density at radius 3 is 2.09 bits per heavy atom. The molecule has 0 radical (unpaired) electrons. The minimum Gasteiger partial charge on any atom is -0.508 e. The predicted octanol–water partition coefficient (Wildman–Crippen LogP) is 5.97. The molecule has 11 nitrogen and oxygen atoms in total. The number of benzene rings is 5. The molecule has 0 aliphatic carbocycles. The molecule has 5 heterocycles. The summed E-state index contributed by atoms with van der Waals surface area (Å²) >= 11 is 0. The van der Waals surface area contributed by atoms with Gasteiger partial charge in [0.2, 0.25) is 17.7 Å². The molecule has 5 aromatic carbocycles. The third-order valence-electron chi connectivity index (χ3n) is 12.8. The van der Waals surface area contributed by atoms with Crippen LogP contribution in [0, 0.1) is 11.8 Å². The molecule has 1 unspecified atom stereocenters. The molecule has 0 aromatic heterocycles. The van der Waals surface area contributed by atoms with Crippen molar-refractivity contribution in [2.45, 2.75) is 44.8 Å². The van der Waals surface area contributed by atoms with Crippen LogP contribution in [-0.4, -0.2) is 88.1 Å². The molecule has 0 spiro atoms. The Morgan fingerprint density at radius 2 is 1.41 bits per heavy atom. The lowest BCUT2D eigenvalue weighted by molar-refractivity contribution is -0.143. The summed E-state index contributed by atoms with van der Waals surface area (Å²) < 4.78 is 0. The molecule has 5 aliphatic heterocycles. The third-order valence-corrected chi connectivity index (χ3v) is 12.8. The minimum atomic E-state index is -0.972. The summed E-state index contributed by atoms with van der Waals surface area (Å²) in [7, 11) is 0. The second-order valence-electron chi connectivity index (χ2n) is 16.5. The topological polar surface area (TPSA) is 131 Å². The number of likely N-dealkylation sites (tertiary alicyclic amines) is 1. The summed E-state index contributed by atoms with van der Waals surface area (Å²) in [5, 5.41) is 14.5. The summed E-state index contributed by atoms with van der Waals surface area (Å²) in [5.74, 6) is -1.08. The molecule has 1 atom stereocenters. The molecule has 292 valence electrons. The molecule has 2 N–H and O–H groups in total. The van der Waals surface area contributed by atoms with E-state index in [0.29, 0.717) is 30.1 Å². The Hall–Kier alpha value is -6.33. The maximum absolute atomic E-state index is 13.6. The van der Waals surface area contributed by atoms with Crippen LogP contribution >= 0.6 is 0 Å². The average molecular weight is 774 g/mol. The van der Waals surface area contributed by atoms with Gasteiger partial charge in [-0.15, -0.1) is 0 Å². The summed E-state index contributed by atoms with van der Waals surface area (Å²) in [6, 6.07) is 31.5. The largest absolute Gasteiger partial charge is 0.508 e. The molecule has 10 rings (SSSR count). The van der Waals surface area contributed by atoms with Crippen LogP contribution in [0.3, 0.4) is 0 Å². The number of nitrogens with one attached hydrogen (secondary N) is 1. The summed E-state index contributed by atoms with van der Waals surface area (Å²) in [6.07, 6.45) is 1.86. The molecular formula is C47H43N5O6. The van der Waals surface area contributed by atoms with E-state index in [0.717, 1.165) is 100 Å². The maximum Gasteiger partial charge on any atom is 0.262 e. The number of piperidine rings is 2. The van der Waals surface area contributed by atoms with Crippen molar-refractivity contribution in [2.75, 3.05) is 37.6 Å². The van der Waals surface area contributed by atoms with Gasteiger partial charge in [0.25, 0.3) is 11.8 Å². The molecule has 11 heteroatoms. The van der Waals surface area contributed by atoms with Gasteiger partial charge in [0.05, 0.1) is 11.1 Å². The number of aromatic hydroxyl groups is 1. The molecule has 0 saturated carbocycles. The SMILES string of the molecule is O=C1CCC(N2C(=O)c3cc4c(cc3C2=O)CN(CC2CN(C(=O)C3CCN(c5ccc(-c6c(-c7ccccc7)ccc7cc(O)ccc67)cc5)CC3)C2)C4)C(=O)N1. The fraction of sp³-hybridized carbons (Fsp3) is 0.298. The monoisotopic (exact) mass is 773 g/mol. The number of amides is 5. The fourth-order valence-corrected chi connectivity index (χ4v) is 9.77. The standard InChI is InChI=1S/C47H43N5O6/c53-36-11-13-38-32(20-36)8-12-37(29-4-2-1-3-5-29)43(38)30-6-9-35(10-7-30)50-18-16-31(17-19-50)45(56)51-24-28(25-51)23-49-26-33-21-39-40(22-34(33)27-49)47(58)52(46(39)57)41-14-15-42(54)48-44(41)55/h1-13,20-22,28,31,41,53H,14-19,23-27H2,(H,48,54,55). The van der Waals surface area contributed by atoms with Crippen molar-refractivity contribution in [2.24, 2.45) is 11.8 Å². The van der Waals surface area contributed by atoms with Crippen LogP contribution in [-0.2, 0) is 27.5 Å². The number of nitrogens with zero attached hydrogens (tertiary/aromatic N) is 4. The van der Waals surface area contributed by atoms with E-state index in [1.54, 1.807) is 18.2 Å². The minimum absolute atomic E-state index is 0.0187. The third kappa shape index (κ3) is 6.30. The van der Waals surface area contributed by atoms with Crippen molar-refractivity contribution in [1.82, 2.24) is 20.0 Å². The van der Waals surface area contributed by atoms with Crippen LogP contribution in [0.2, 0.25) is 0 Å². The molecule has 5 aliphatic rings. The number of carbonyl (C=O) groups is 5. The zero-order valence-corrected chi connectivity index (χ0v) is 32.0. The molecule has 5 amide bonds. The number of hydrogen-bond donors (Lipinski definition) is 2.